The van der Waals surface area contributed by atoms with Crippen molar-refractivity contribution in [3.8, 4) is 5.75 Å². The third-order valence-electron chi connectivity index (χ3n) is 5.30. The molecule has 1 aromatic heterocycles. The van der Waals surface area contributed by atoms with E-state index in [1.807, 2.05) is 0 Å². The highest BCUT2D eigenvalue weighted by Crippen LogP contribution is 2.17. The topological polar surface area (TPSA) is 131 Å². The summed E-state index contributed by atoms with van der Waals surface area (Å²) in [6.07, 6.45) is 1.31. The number of nitrogens with one attached hydrogen (secondary N) is 3. The van der Waals surface area contributed by atoms with Crippen molar-refractivity contribution in [3.63, 3.8) is 0 Å². The van der Waals surface area contributed by atoms with Crippen molar-refractivity contribution in [2.75, 3.05) is 23.1 Å². The maximum absolute atomic E-state index is 13.0. The predicted octanol–water partition coefficient (Wildman–Crippen LogP) is 3.89. The molecule has 36 heavy (non-hydrogen) atoms. The van der Waals surface area contributed by atoms with Gasteiger partial charge in [-0.3, -0.25) is 19.0 Å². The number of hydrogen-bond acceptors (Lipinski definition) is 6. The molecule has 0 spiro atoms. The molecule has 0 saturated carbocycles. The lowest BCUT2D eigenvalue weighted by atomic mass is 10.1. The number of aromatic nitrogens is 2. The molecule has 0 radical (unpaired) electrons. The summed E-state index contributed by atoms with van der Waals surface area (Å²) in [5, 5.41) is 8.28. The number of benzene rings is 3. The molecular formula is C26H23N5O5. The Labute approximate surface area is 205 Å². The monoisotopic (exact) mass is 485 g/mol. The Kier molecular flexibility index (Phi) is 7.05. The minimum Gasteiger partial charge on any atom is -0.497 e. The molecule has 4 aromatic rings. The number of nitrogens with zero attached hydrogens (tertiary/aromatic N) is 2. The fraction of sp³-hybridized carbons (Fsp3) is 0.115. The molecule has 4 rings (SSSR count). The summed E-state index contributed by atoms with van der Waals surface area (Å²) in [4.78, 5) is 53.7. The lowest BCUT2D eigenvalue weighted by Crippen LogP contribution is -2.28. The van der Waals surface area contributed by atoms with Crippen LogP contribution in [-0.4, -0.2) is 34.4 Å². The third kappa shape index (κ3) is 5.73. The molecular weight excluding hydrogens is 462 g/mol. The van der Waals surface area contributed by atoms with Crippen LogP contribution in [0.15, 0.2) is 77.9 Å². The van der Waals surface area contributed by atoms with Gasteiger partial charge in [-0.25, -0.2) is 9.78 Å². The molecule has 3 N–H and O–H groups in total. The summed E-state index contributed by atoms with van der Waals surface area (Å²) in [6, 6.07) is 17.5. The lowest BCUT2D eigenvalue weighted by Gasteiger charge is -2.10. The Morgan fingerprint density at radius 1 is 0.889 bits per heavy atom. The Balaban J connectivity index is 1.47. The molecule has 0 unspecified atom stereocenters. The van der Waals surface area contributed by atoms with Crippen LogP contribution < -0.4 is 26.2 Å². The van der Waals surface area contributed by atoms with Crippen LogP contribution >= 0.6 is 0 Å². The van der Waals surface area contributed by atoms with Crippen LogP contribution in [-0.2, 0) is 11.3 Å². The maximum Gasteiger partial charge on any atom is 0.323 e. The van der Waals surface area contributed by atoms with Gasteiger partial charge in [-0.1, -0.05) is 12.1 Å². The maximum atomic E-state index is 13.0. The van der Waals surface area contributed by atoms with Gasteiger partial charge in [-0.15, -0.1) is 0 Å². The van der Waals surface area contributed by atoms with Gasteiger partial charge in [-0.2, -0.15) is 0 Å². The Bertz CT molecular complexity index is 1510. The Morgan fingerprint density at radius 2 is 1.58 bits per heavy atom. The van der Waals surface area contributed by atoms with Crippen molar-refractivity contribution in [1.29, 1.82) is 0 Å². The van der Waals surface area contributed by atoms with Gasteiger partial charge in [-0.05, 0) is 61.5 Å². The first kappa shape index (κ1) is 24.1. The number of fused-ring (bicyclic) bond motifs is 1. The number of carbonyl (C=O) groups is 3. The molecule has 0 saturated heterocycles. The van der Waals surface area contributed by atoms with Crippen LogP contribution in [0.25, 0.3) is 10.9 Å². The highest BCUT2D eigenvalue weighted by atomic mass is 16.5. The van der Waals surface area contributed by atoms with E-state index in [4.69, 9.17) is 4.74 Å². The zero-order valence-electron chi connectivity index (χ0n) is 19.6. The van der Waals surface area contributed by atoms with Crippen molar-refractivity contribution in [2.24, 2.45) is 0 Å². The van der Waals surface area contributed by atoms with Crippen molar-refractivity contribution in [3.05, 3.63) is 89.0 Å². The van der Waals surface area contributed by atoms with Gasteiger partial charge in [0.1, 0.15) is 12.3 Å². The number of methoxy groups -OCH3 is 1. The van der Waals surface area contributed by atoms with E-state index in [1.54, 1.807) is 67.8 Å². The standard InChI is InChI=1S/C26H23N5O5/c1-16(32)17-4-3-5-19(12-17)29-26(35)30-20-8-11-23-22(13-20)25(34)31(15-27-23)14-24(33)28-18-6-9-21(36-2)10-7-18/h3-13,15H,14H2,1-2H3,(H,28,33)(H2,29,30,35). The minimum atomic E-state index is -0.543. The lowest BCUT2D eigenvalue weighted by molar-refractivity contribution is -0.116. The van der Waals surface area contributed by atoms with Gasteiger partial charge < -0.3 is 20.7 Å². The molecule has 3 aromatic carbocycles. The van der Waals surface area contributed by atoms with Gasteiger partial charge in [0.2, 0.25) is 5.91 Å². The van der Waals surface area contributed by atoms with Crippen molar-refractivity contribution < 1.29 is 19.1 Å². The molecule has 10 heteroatoms. The quantitative estimate of drug-likeness (QED) is 0.340. The zero-order valence-corrected chi connectivity index (χ0v) is 19.6. The highest BCUT2D eigenvalue weighted by Gasteiger charge is 2.11. The summed E-state index contributed by atoms with van der Waals surface area (Å²) >= 11 is 0. The number of urea groups is 1. The molecule has 0 fully saturated rings. The largest absolute Gasteiger partial charge is 0.497 e. The van der Waals surface area contributed by atoms with Crippen LogP contribution in [0.5, 0.6) is 5.75 Å². The van der Waals surface area contributed by atoms with Crippen LogP contribution in [0.4, 0.5) is 21.9 Å². The first-order chi connectivity index (χ1) is 17.3. The van der Waals surface area contributed by atoms with Gasteiger partial charge in [0, 0.05) is 22.6 Å². The molecule has 0 aliphatic rings. The van der Waals surface area contributed by atoms with E-state index in [0.29, 0.717) is 33.9 Å². The second-order valence-corrected chi connectivity index (χ2v) is 7.90. The third-order valence-corrected chi connectivity index (χ3v) is 5.30. The molecule has 0 atom stereocenters. The van der Waals surface area contributed by atoms with Crippen LogP contribution in [0.2, 0.25) is 0 Å². The normalized spacial score (nSPS) is 10.5. The molecule has 0 aliphatic heterocycles. The molecule has 182 valence electrons. The summed E-state index contributed by atoms with van der Waals surface area (Å²) < 4.78 is 6.29. The smallest absolute Gasteiger partial charge is 0.323 e. The Hall–Kier alpha value is -4.99. The highest BCUT2D eigenvalue weighted by molar-refractivity contribution is 6.02. The number of Topliss-reactive ketones (excluding diaryl/α,β-unsaturated/α-hetero) is 1. The first-order valence-corrected chi connectivity index (χ1v) is 10.9. The Morgan fingerprint density at radius 3 is 2.28 bits per heavy atom. The van der Waals surface area contributed by atoms with E-state index in [0.717, 1.165) is 0 Å². The van der Waals surface area contributed by atoms with Crippen LogP contribution in [0.3, 0.4) is 0 Å². The van der Waals surface area contributed by atoms with Crippen LogP contribution in [0, 0.1) is 0 Å². The zero-order chi connectivity index (χ0) is 25.7. The van der Waals surface area contributed by atoms with Crippen molar-refractivity contribution >= 4 is 45.7 Å². The average Bonchev–Trinajstić information content (AvgIpc) is 2.86. The molecule has 10 nitrogen and oxygen atoms in total. The van der Waals surface area contributed by atoms with E-state index < -0.39 is 17.5 Å². The molecule has 0 aliphatic carbocycles. The summed E-state index contributed by atoms with van der Waals surface area (Å²) in [7, 11) is 1.55. The van der Waals surface area contributed by atoms with Gasteiger partial charge in [0.05, 0.1) is 24.3 Å². The molecule has 0 bridgehead atoms. The van der Waals surface area contributed by atoms with Gasteiger partial charge in [0.15, 0.2) is 5.78 Å². The van der Waals surface area contributed by atoms with E-state index >= 15 is 0 Å². The number of ketones is 1. The second-order valence-electron chi connectivity index (χ2n) is 7.90. The number of rotatable bonds is 7. The molecule has 3 amide bonds. The van der Waals surface area contributed by atoms with E-state index in [1.165, 1.54) is 23.9 Å². The number of anilines is 3. The number of carbonyl (C=O) groups excluding carboxylic acids is 3. The van der Waals surface area contributed by atoms with E-state index in [9.17, 15) is 19.2 Å². The second kappa shape index (κ2) is 10.5. The fourth-order valence-electron chi connectivity index (χ4n) is 3.49. The van der Waals surface area contributed by atoms with E-state index in [2.05, 4.69) is 20.9 Å². The summed E-state index contributed by atoms with van der Waals surface area (Å²) in [5.41, 5.74) is 1.85. The molecule has 1 heterocycles. The SMILES string of the molecule is COc1ccc(NC(=O)Cn2cnc3ccc(NC(=O)Nc4cccc(C(C)=O)c4)cc3c2=O)cc1. The average molecular weight is 486 g/mol. The van der Waals surface area contributed by atoms with Gasteiger partial charge in [0.25, 0.3) is 5.56 Å². The predicted molar refractivity (Wildman–Crippen MR) is 137 cm³/mol. The van der Waals surface area contributed by atoms with Crippen LogP contribution in [0.1, 0.15) is 17.3 Å². The summed E-state index contributed by atoms with van der Waals surface area (Å²) in [6.45, 7) is 1.20. The van der Waals surface area contributed by atoms with Crippen molar-refractivity contribution in [1.82, 2.24) is 9.55 Å². The van der Waals surface area contributed by atoms with Gasteiger partial charge >= 0.3 is 6.03 Å². The van der Waals surface area contributed by atoms with Crippen molar-refractivity contribution in [2.45, 2.75) is 13.5 Å². The minimum absolute atomic E-state index is 0.116. The van der Waals surface area contributed by atoms with E-state index in [-0.39, 0.29) is 17.7 Å². The number of ether oxygens (including phenoxy) is 1. The number of hydrogen-bond donors (Lipinski definition) is 3. The fourth-order valence-corrected chi connectivity index (χ4v) is 3.49. The number of amides is 3. The summed E-state index contributed by atoms with van der Waals surface area (Å²) in [5.74, 6) is 0.144. The first-order valence-electron chi connectivity index (χ1n) is 10.9.